The van der Waals surface area contributed by atoms with E-state index in [4.69, 9.17) is 14.6 Å². The number of piperidine rings is 1. The lowest BCUT2D eigenvalue weighted by Gasteiger charge is -2.41. The van der Waals surface area contributed by atoms with Gasteiger partial charge in [0.15, 0.2) is 0 Å². The van der Waals surface area contributed by atoms with Gasteiger partial charge in [0.25, 0.3) is 0 Å². The number of likely N-dealkylation sites (tertiary alicyclic amines) is 1. The minimum atomic E-state index is -5.08. The Morgan fingerprint density at radius 2 is 1.71 bits per heavy atom. The summed E-state index contributed by atoms with van der Waals surface area (Å²) < 4.78 is 37.3. The Balaban J connectivity index is 0.000000339. The second-order valence-electron chi connectivity index (χ2n) is 8.55. The average Bonchev–Trinajstić information content (AvgIpc) is 3.02. The van der Waals surface area contributed by atoms with E-state index in [2.05, 4.69) is 30.0 Å². The van der Waals surface area contributed by atoms with Gasteiger partial charge in [-0.15, -0.1) is 0 Å². The van der Waals surface area contributed by atoms with Gasteiger partial charge in [0, 0.05) is 44.6 Å². The quantitative estimate of drug-likeness (QED) is 0.723. The molecule has 4 rings (SSSR count). The van der Waals surface area contributed by atoms with Gasteiger partial charge in [-0.2, -0.15) is 13.2 Å². The molecule has 2 aliphatic heterocycles. The Hall–Kier alpha value is -2.13. The number of hydrogen-bond acceptors (Lipinski definition) is 4. The molecule has 1 spiro atoms. The van der Waals surface area contributed by atoms with Gasteiger partial charge < -0.3 is 14.7 Å². The highest BCUT2D eigenvalue weighted by Crippen LogP contribution is 2.53. The van der Waals surface area contributed by atoms with Crippen LogP contribution in [-0.2, 0) is 19.7 Å². The largest absolute Gasteiger partial charge is 0.490 e. The smallest absolute Gasteiger partial charge is 0.475 e. The van der Waals surface area contributed by atoms with Crippen molar-refractivity contribution in [1.29, 1.82) is 0 Å². The lowest BCUT2D eigenvalue weighted by Crippen LogP contribution is -2.44. The predicted molar refractivity (Wildman–Crippen MR) is 108 cm³/mol. The zero-order valence-electron chi connectivity index (χ0n) is 17.9. The maximum Gasteiger partial charge on any atom is 0.490 e. The third-order valence-electron chi connectivity index (χ3n) is 6.62. The monoisotopic (exact) mass is 442 g/mol. The van der Waals surface area contributed by atoms with E-state index in [-0.39, 0.29) is 11.3 Å². The summed E-state index contributed by atoms with van der Waals surface area (Å²) in [4.78, 5) is 25.2. The van der Waals surface area contributed by atoms with E-state index in [1.807, 2.05) is 4.90 Å². The Labute approximate surface area is 180 Å². The van der Waals surface area contributed by atoms with Crippen molar-refractivity contribution < 1.29 is 32.6 Å². The zero-order valence-corrected chi connectivity index (χ0v) is 17.9. The van der Waals surface area contributed by atoms with Crippen molar-refractivity contribution in [2.45, 2.75) is 50.7 Å². The molecular weight excluding hydrogens is 413 g/mol. The van der Waals surface area contributed by atoms with Crippen molar-refractivity contribution >= 4 is 11.9 Å². The number of carboxylic acids is 1. The molecule has 3 aliphatic rings. The highest BCUT2D eigenvalue weighted by atomic mass is 19.4. The van der Waals surface area contributed by atoms with Gasteiger partial charge >= 0.3 is 12.1 Å². The van der Waals surface area contributed by atoms with Crippen molar-refractivity contribution in [2.24, 2.45) is 0 Å². The number of aryl methyl sites for hydroxylation is 1. The molecule has 1 unspecified atom stereocenters. The maximum atomic E-state index is 11.7. The second-order valence-corrected chi connectivity index (χ2v) is 8.55. The number of carbonyl (C=O) groups excluding carboxylic acids is 1. The fourth-order valence-electron chi connectivity index (χ4n) is 4.95. The topological polar surface area (TPSA) is 70.1 Å². The molecule has 6 nitrogen and oxygen atoms in total. The van der Waals surface area contributed by atoms with Crippen LogP contribution in [0.5, 0.6) is 0 Å². The van der Waals surface area contributed by atoms with Gasteiger partial charge in [-0.1, -0.05) is 23.8 Å². The number of benzene rings is 1. The molecule has 0 aromatic heterocycles. The fraction of sp³-hybridized carbons (Fsp3) is 0.636. The third-order valence-corrected chi connectivity index (χ3v) is 6.62. The van der Waals surface area contributed by atoms with E-state index < -0.39 is 12.1 Å². The number of rotatable bonds is 1. The van der Waals surface area contributed by atoms with Crippen LogP contribution in [0.15, 0.2) is 18.2 Å². The Kier molecular flexibility index (Phi) is 6.95. The Bertz CT molecular complexity index is 813. The van der Waals surface area contributed by atoms with E-state index in [0.717, 1.165) is 52.2 Å². The van der Waals surface area contributed by atoms with E-state index in [0.29, 0.717) is 6.04 Å². The average molecular weight is 442 g/mol. The van der Waals surface area contributed by atoms with Crippen molar-refractivity contribution in [1.82, 2.24) is 9.80 Å². The summed E-state index contributed by atoms with van der Waals surface area (Å²) in [5.74, 6) is -2.54. The summed E-state index contributed by atoms with van der Waals surface area (Å²) in [6.45, 7) is 9.46. The van der Waals surface area contributed by atoms with Crippen molar-refractivity contribution in [3.8, 4) is 0 Å². The van der Waals surface area contributed by atoms with Crippen LogP contribution in [0.2, 0.25) is 0 Å². The van der Waals surface area contributed by atoms with Crippen LogP contribution >= 0.6 is 0 Å². The molecule has 1 amide bonds. The van der Waals surface area contributed by atoms with Gasteiger partial charge in [-0.3, -0.25) is 9.69 Å². The first kappa shape index (κ1) is 23.5. The van der Waals surface area contributed by atoms with Crippen molar-refractivity contribution in [2.75, 3.05) is 39.4 Å². The van der Waals surface area contributed by atoms with Gasteiger partial charge in [-0.25, -0.2) is 4.79 Å². The van der Waals surface area contributed by atoms with Crippen molar-refractivity contribution in [3.05, 3.63) is 34.9 Å². The number of aliphatic carboxylic acids is 1. The highest BCUT2D eigenvalue weighted by Gasteiger charge is 2.47. The molecule has 0 radical (unpaired) electrons. The molecule has 1 atom stereocenters. The molecule has 1 aromatic carbocycles. The number of fused-ring (bicyclic) bond motifs is 2. The number of amides is 1. The van der Waals surface area contributed by atoms with Crippen LogP contribution in [0.1, 0.15) is 48.9 Å². The molecule has 172 valence electrons. The summed E-state index contributed by atoms with van der Waals surface area (Å²) in [5, 5.41) is 7.12. The minimum absolute atomic E-state index is 0.219. The Morgan fingerprint density at radius 1 is 1.13 bits per heavy atom. The standard InChI is InChI=1S/C20H28N2O2.C2HF3O2/c1-15-3-4-17-18(13-15)20(5-7-21(8-6-20)16(2)23)14-19(17)22-9-11-24-12-10-22;3-2(4,5)1(6)7/h3-4,13,19H,5-12,14H2,1-2H3;(H,6,7). The summed E-state index contributed by atoms with van der Waals surface area (Å²) in [5.41, 5.74) is 4.70. The van der Waals surface area contributed by atoms with Crippen LogP contribution in [0.25, 0.3) is 0 Å². The zero-order chi connectivity index (χ0) is 22.8. The number of morpholine rings is 1. The maximum absolute atomic E-state index is 11.7. The van der Waals surface area contributed by atoms with E-state index in [1.165, 1.54) is 17.5 Å². The molecule has 1 aliphatic carbocycles. The van der Waals surface area contributed by atoms with Gasteiger partial charge in [-0.05, 0) is 37.3 Å². The molecule has 2 fully saturated rings. The number of ether oxygens (including phenoxy) is 1. The first-order valence-corrected chi connectivity index (χ1v) is 10.5. The number of carbonyl (C=O) groups is 2. The van der Waals surface area contributed by atoms with Crippen LogP contribution in [0, 0.1) is 6.92 Å². The molecule has 2 saturated heterocycles. The minimum Gasteiger partial charge on any atom is -0.475 e. The van der Waals surface area contributed by atoms with E-state index in [9.17, 15) is 18.0 Å². The lowest BCUT2D eigenvalue weighted by molar-refractivity contribution is -0.192. The van der Waals surface area contributed by atoms with Crippen molar-refractivity contribution in [3.63, 3.8) is 0 Å². The lowest BCUT2D eigenvalue weighted by atomic mass is 9.73. The predicted octanol–water partition coefficient (Wildman–Crippen LogP) is 3.29. The summed E-state index contributed by atoms with van der Waals surface area (Å²) in [6.07, 6.45) is -1.68. The number of nitrogens with zero attached hydrogens (tertiary/aromatic N) is 2. The molecule has 31 heavy (non-hydrogen) atoms. The number of halogens is 3. The molecular formula is C22H29F3N2O4. The molecule has 0 bridgehead atoms. The number of carboxylic acid groups (broad SMARTS) is 1. The van der Waals surface area contributed by atoms with Gasteiger partial charge in [0.1, 0.15) is 0 Å². The van der Waals surface area contributed by atoms with Crippen LogP contribution < -0.4 is 0 Å². The summed E-state index contributed by atoms with van der Waals surface area (Å²) >= 11 is 0. The first-order valence-electron chi connectivity index (χ1n) is 10.5. The van der Waals surface area contributed by atoms with Gasteiger partial charge in [0.2, 0.25) is 5.91 Å². The first-order chi connectivity index (χ1) is 14.5. The van der Waals surface area contributed by atoms with E-state index >= 15 is 0 Å². The molecule has 1 aromatic rings. The molecule has 0 saturated carbocycles. The molecule has 9 heteroatoms. The SMILES string of the molecule is CC(=O)N1CCC2(CC1)CC(N1CCOCC1)c1ccc(C)cc12.O=C(O)C(F)(F)F. The number of alkyl halides is 3. The molecule has 2 heterocycles. The second kappa shape index (κ2) is 9.16. The normalized spacial score (nSPS) is 23.1. The third kappa shape index (κ3) is 5.20. The Morgan fingerprint density at radius 3 is 2.23 bits per heavy atom. The van der Waals surface area contributed by atoms with Crippen LogP contribution in [-0.4, -0.2) is 72.4 Å². The fourth-order valence-corrected chi connectivity index (χ4v) is 4.95. The molecule has 1 N–H and O–H groups in total. The summed E-state index contributed by atoms with van der Waals surface area (Å²) in [7, 11) is 0. The number of hydrogen-bond donors (Lipinski definition) is 1. The summed E-state index contributed by atoms with van der Waals surface area (Å²) in [6, 6.07) is 7.56. The van der Waals surface area contributed by atoms with Gasteiger partial charge in [0.05, 0.1) is 13.2 Å². The van der Waals surface area contributed by atoms with Crippen LogP contribution in [0.3, 0.4) is 0 Å². The highest BCUT2D eigenvalue weighted by molar-refractivity contribution is 5.73. The van der Waals surface area contributed by atoms with Crippen LogP contribution in [0.4, 0.5) is 13.2 Å². The van der Waals surface area contributed by atoms with E-state index in [1.54, 1.807) is 12.5 Å².